The largest absolute Gasteiger partial charge is 0.376 e. The van der Waals surface area contributed by atoms with Gasteiger partial charge in [-0.25, -0.2) is 0 Å². The summed E-state index contributed by atoms with van der Waals surface area (Å²) in [7, 11) is 0. The molecule has 7 atom stereocenters. The van der Waals surface area contributed by atoms with Crippen LogP contribution in [-0.2, 0) is 4.74 Å². The van der Waals surface area contributed by atoms with Crippen molar-refractivity contribution < 1.29 is 4.74 Å². The van der Waals surface area contributed by atoms with Gasteiger partial charge >= 0.3 is 0 Å². The first-order valence-electron chi connectivity index (χ1n) is 8.63. The van der Waals surface area contributed by atoms with Crippen LogP contribution in [0.1, 0.15) is 34.1 Å². The Bertz CT molecular complexity index is 333. The Labute approximate surface area is 124 Å². The van der Waals surface area contributed by atoms with E-state index in [1.807, 2.05) is 0 Å². The predicted molar refractivity (Wildman–Crippen MR) is 82.7 cm³/mol. The standard InChI is InChI=1S/C17H32N2O/c1-10(2)14-8-19-16-13(9-20-17(14)16)5-11(3)15-7-18-6-12(15)4/h10-19H,5-9H2,1-4H3. The van der Waals surface area contributed by atoms with E-state index in [0.29, 0.717) is 18.1 Å². The van der Waals surface area contributed by atoms with Gasteiger partial charge in [0, 0.05) is 24.4 Å². The summed E-state index contributed by atoms with van der Waals surface area (Å²) >= 11 is 0. The molecule has 116 valence electrons. The van der Waals surface area contributed by atoms with E-state index in [0.717, 1.165) is 42.7 Å². The van der Waals surface area contributed by atoms with Crippen molar-refractivity contribution in [3.63, 3.8) is 0 Å². The van der Waals surface area contributed by atoms with Crippen molar-refractivity contribution in [3.8, 4) is 0 Å². The van der Waals surface area contributed by atoms with Gasteiger partial charge in [0.2, 0.25) is 0 Å². The van der Waals surface area contributed by atoms with Crippen molar-refractivity contribution in [3.05, 3.63) is 0 Å². The Morgan fingerprint density at radius 1 is 1.10 bits per heavy atom. The van der Waals surface area contributed by atoms with Crippen molar-refractivity contribution in [2.45, 2.75) is 46.3 Å². The smallest absolute Gasteiger partial charge is 0.0774 e. The zero-order valence-corrected chi connectivity index (χ0v) is 13.6. The van der Waals surface area contributed by atoms with Crippen molar-refractivity contribution in [1.82, 2.24) is 10.6 Å². The molecule has 7 unspecified atom stereocenters. The second-order valence-electron chi connectivity index (χ2n) is 7.91. The molecular weight excluding hydrogens is 248 g/mol. The molecule has 0 spiro atoms. The summed E-state index contributed by atoms with van der Waals surface area (Å²) in [4.78, 5) is 0. The van der Waals surface area contributed by atoms with Crippen molar-refractivity contribution in [2.75, 3.05) is 26.2 Å². The van der Waals surface area contributed by atoms with Gasteiger partial charge in [-0.05, 0) is 43.2 Å². The molecule has 20 heavy (non-hydrogen) atoms. The lowest BCUT2D eigenvalue weighted by Crippen LogP contribution is -2.35. The number of hydrogen-bond donors (Lipinski definition) is 2. The Hall–Kier alpha value is -0.120. The van der Waals surface area contributed by atoms with Crippen molar-refractivity contribution in [2.24, 2.45) is 35.5 Å². The Morgan fingerprint density at radius 3 is 2.55 bits per heavy atom. The van der Waals surface area contributed by atoms with E-state index in [9.17, 15) is 0 Å². The molecule has 3 nitrogen and oxygen atoms in total. The SMILES string of the molecule is CC(C)C1CNC2C(CC(C)C3CNCC3C)COC12. The molecule has 0 aromatic carbocycles. The normalized spacial score (nSPS) is 46.0. The third-order valence-electron chi connectivity index (χ3n) is 6.21. The molecule has 0 aliphatic carbocycles. The van der Waals surface area contributed by atoms with Crippen LogP contribution < -0.4 is 10.6 Å². The van der Waals surface area contributed by atoms with Crippen LogP contribution in [0, 0.1) is 35.5 Å². The van der Waals surface area contributed by atoms with Crippen molar-refractivity contribution >= 4 is 0 Å². The predicted octanol–water partition coefficient (Wildman–Crippen LogP) is 2.13. The highest BCUT2D eigenvalue weighted by Crippen LogP contribution is 2.39. The topological polar surface area (TPSA) is 33.3 Å². The van der Waals surface area contributed by atoms with Crippen LogP contribution in [0.3, 0.4) is 0 Å². The Morgan fingerprint density at radius 2 is 1.90 bits per heavy atom. The Balaban J connectivity index is 1.57. The van der Waals surface area contributed by atoms with Crippen LogP contribution >= 0.6 is 0 Å². The zero-order valence-electron chi connectivity index (χ0n) is 13.6. The lowest BCUT2D eigenvalue weighted by molar-refractivity contribution is 0.0578. The van der Waals surface area contributed by atoms with Crippen LogP contribution in [0.25, 0.3) is 0 Å². The van der Waals surface area contributed by atoms with Crippen LogP contribution in [0.4, 0.5) is 0 Å². The maximum Gasteiger partial charge on any atom is 0.0774 e. The molecule has 0 aromatic rings. The highest BCUT2D eigenvalue weighted by molar-refractivity contribution is 5.01. The van der Waals surface area contributed by atoms with E-state index in [4.69, 9.17) is 4.74 Å². The number of hydrogen-bond acceptors (Lipinski definition) is 3. The lowest BCUT2D eigenvalue weighted by Gasteiger charge is -2.27. The second-order valence-corrected chi connectivity index (χ2v) is 7.91. The fourth-order valence-corrected chi connectivity index (χ4v) is 4.85. The summed E-state index contributed by atoms with van der Waals surface area (Å²) in [6.45, 7) is 14.1. The third kappa shape index (κ3) is 2.65. The van der Waals surface area contributed by atoms with Gasteiger partial charge in [-0.2, -0.15) is 0 Å². The van der Waals surface area contributed by atoms with Gasteiger partial charge in [-0.3, -0.25) is 0 Å². The maximum atomic E-state index is 6.18. The quantitative estimate of drug-likeness (QED) is 0.827. The molecule has 3 aliphatic rings. The zero-order chi connectivity index (χ0) is 14.3. The monoisotopic (exact) mass is 280 g/mol. The molecule has 0 saturated carbocycles. The summed E-state index contributed by atoms with van der Waals surface area (Å²) in [5.41, 5.74) is 0. The van der Waals surface area contributed by atoms with E-state index < -0.39 is 0 Å². The van der Waals surface area contributed by atoms with Gasteiger partial charge in [-0.15, -0.1) is 0 Å². The first kappa shape index (κ1) is 14.8. The van der Waals surface area contributed by atoms with E-state index in [1.54, 1.807) is 0 Å². The van der Waals surface area contributed by atoms with E-state index >= 15 is 0 Å². The molecule has 3 heteroatoms. The van der Waals surface area contributed by atoms with Gasteiger partial charge < -0.3 is 15.4 Å². The van der Waals surface area contributed by atoms with Gasteiger partial charge in [0.25, 0.3) is 0 Å². The molecule has 0 bridgehead atoms. The minimum atomic E-state index is 0.478. The lowest BCUT2D eigenvalue weighted by atomic mass is 9.78. The highest BCUT2D eigenvalue weighted by Gasteiger charge is 2.47. The molecule has 0 aromatic heterocycles. The number of fused-ring (bicyclic) bond motifs is 1. The average molecular weight is 280 g/mol. The second kappa shape index (κ2) is 5.94. The average Bonchev–Trinajstić information content (AvgIpc) is 3.06. The third-order valence-corrected chi connectivity index (χ3v) is 6.21. The number of ether oxygens (including phenoxy) is 1. The fraction of sp³-hybridized carbons (Fsp3) is 1.00. The first-order valence-corrected chi connectivity index (χ1v) is 8.63. The minimum absolute atomic E-state index is 0.478. The summed E-state index contributed by atoms with van der Waals surface area (Å²) in [5.74, 6) is 4.68. The van der Waals surface area contributed by atoms with Gasteiger partial charge in [-0.1, -0.05) is 27.7 Å². The number of rotatable bonds is 4. The fourth-order valence-electron chi connectivity index (χ4n) is 4.85. The molecule has 2 N–H and O–H groups in total. The highest BCUT2D eigenvalue weighted by atomic mass is 16.5. The molecular formula is C17H32N2O. The van der Waals surface area contributed by atoms with E-state index in [-0.39, 0.29) is 0 Å². The summed E-state index contributed by atoms with van der Waals surface area (Å²) in [6.07, 6.45) is 1.81. The first-order chi connectivity index (χ1) is 9.58. The molecule has 3 heterocycles. The van der Waals surface area contributed by atoms with Gasteiger partial charge in [0.15, 0.2) is 0 Å². The maximum absolute atomic E-state index is 6.18. The van der Waals surface area contributed by atoms with Gasteiger partial charge in [0.05, 0.1) is 12.7 Å². The van der Waals surface area contributed by atoms with Crippen LogP contribution in [0.15, 0.2) is 0 Å². The van der Waals surface area contributed by atoms with Crippen LogP contribution in [0.2, 0.25) is 0 Å². The minimum Gasteiger partial charge on any atom is -0.376 e. The number of nitrogens with one attached hydrogen (secondary N) is 2. The Kier molecular flexibility index (Phi) is 4.40. The molecule has 3 fully saturated rings. The summed E-state index contributed by atoms with van der Waals surface area (Å²) in [6, 6.07) is 0.620. The van der Waals surface area contributed by atoms with E-state index in [2.05, 4.69) is 38.3 Å². The van der Waals surface area contributed by atoms with Crippen LogP contribution in [-0.4, -0.2) is 38.4 Å². The van der Waals surface area contributed by atoms with E-state index in [1.165, 1.54) is 19.5 Å². The molecule has 3 saturated heterocycles. The molecule has 3 rings (SSSR count). The van der Waals surface area contributed by atoms with Crippen molar-refractivity contribution in [1.29, 1.82) is 0 Å². The summed E-state index contributed by atoms with van der Waals surface area (Å²) < 4.78 is 6.18. The van der Waals surface area contributed by atoms with Crippen LogP contribution in [0.5, 0.6) is 0 Å². The van der Waals surface area contributed by atoms with Gasteiger partial charge in [0.1, 0.15) is 0 Å². The molecule has 3 aliphatic heterocycles. The molecule has 0 radical (unpaired) electrons. The molecule has 0 amide bonds. The summed E-state index contributed by atoms with van der Waals surface area (Å²) in [5, 5.41) is 7.32.